The molecule has 0 radical (unpaired) electrons. The van der Waals surface area contributed by atoms with Gasteiger partial charge in [-0.1, -0.05) is 87.6 Å². The van der Waals surface area contributed by atoms with Crippen molar-refractivity contribution in [1.29, 1.82) is 0 Å². The summed E-state index contributed by atoms with van der Waals surface area (Å²) < 4.78 is 5.25. The Hall–Kier alpha value is -4.66. The summed E-state index contributed by atoms with van der Waals surface area (Å²) in [5.74, 6) is -0.312. The maximum atomic E-state index is 12.5. The lowest BCUT2D eigenvalue weighted by Crippen LogP contribution is -2.45. The van der Waals surface area contributed by atoms with Crippen molar-refractivity contribution in [3.63, 3.8) is 0 Å². The zero-order chi connectivity index (χ0) is 32.0. The van der Waals surface area contributed by atoms with Crippen LogP contribution in [-0.4, -0.2) is 35.6 Å². The minimum absolute atomic E-state index is 0. The van der Waals surface area contributed by atoms with Crippen molar-refractivity contribution in [3.05, 3.63) is 108 Å². The number of carbonyl (C=O) groups excluding carboxylic acids is 3. The third kappa shape index (κ3) is 10.4. The highest BCUT2D eigenvalue weighted by molar-refractivity contribution is 5.98. The zero-order valence-electron chi connectivity index (χ0n) is 26.3. The number of rotatable bonds is 3. The zero-order valence-corrected chi connectivity index (χ0v) is 27.2. The molecular formula is C39H49ClN4O4. The number of carbonyl (C=O) groups is 3. The normalized spacial score (nSPS) is 16.4. The average molecular weight is 673 g/mol. The van der Waals surface area contributed by atoms with Crippen molar-refractivity contribution in [2.24, 2.45) is 5.73 Å². The van der Waals surface area contributed by atoms with Gasteiger partial charge in [0.25, 0.3) is 0 Å². The summed E-state index contributed by atoms with van der Waals surface area (Å²) in [4.78, 5) is 36.1. The molecule has 6 rings (SSSR count). The maximum absolute atomic E-state index is 12.5. The fourth-order valence-electron chi connectivity index (χ4n) is 5.37. The molecule has 0 fully saturated rings. The van der Waals surface area contributed by atoms with Crippen LogP contribution in [0.15, 0.2) is 97.1 Å². The van der Waals surface area contributed by atoms with Crippen LogP contribution in [0.1, 0.15) is 59.6 Å². The molecule has 2 atom stereocenters. The molecule has 0 saturated carbocycles. The predicted molar refractivity (Wildman–Crippen MR) is 200 cm³/mol. The lowest BCUT2D eigenvalue weighted by molar-refractivity contribution is -0.118. The van der Waals surface area contributed by atoms with Gasteiger partial charge in [0.05, 0.1) is 6.04 Å². The van der Waals surface area contributed by atoms with E-state index in [1.807, 2.05) is 60.7 Å². The third-order valence-corrected chi connectivity index (χ3v) is 7.71. The van der Waals surface area contributed by atoms with Crippen molar-refractivity contribution in [1.82, 2.24) is 5.32 Å². The van der Waals surface area contributed by atoms with E-state index in [9.17, 15) is 14.4 Å². The van der Waals surface area contributed by atoms with Gasteiger partial charge in [0.1, 0.15) is 11.6 Å². The second-order valence-corrected chi connectivity index (χ2v) is 12.3. The minimum atomic E-state index is -0.613. The van der Waals surface area contributed by atoms with Crippen molar-refractivity contribution in [3.8, 4) is 22.3 Å². The maximum Gasteiger partial charge on any atom is 0.408 e. The molecule has 8 nitrogen and oxygen atoms in total. The van der Waals surface area contributed by atoms with Gasteiger partial charge in [-0.2, -0.15) is 0 Å². The minimum Gasteiger partial charge on any atom is -0.444 e. The van der Waals surface area contributed by atoms with Crippen LogP contribution in [0.25, 0.3) is 22.3 Å². The standard InChI is InChI=1S/C21H24N2O3.C16H16N2O.2CH4.ClH/c1-21(2,3)26-20(25)23-18-12-10-16-13-15(14-7-5-4-6-8-14)9-11-17(16)22-19(18)24;17-14-8-6-13-10-12(11-4-2-1-3-5-11)7-9-15(13)18-16(14)19;;;/h4-9,11,13,18H,10,12H2,1-3H3,(H,22,24)(H,23,25);1-5,7,9-10,14H,6,8,17H2,(H,18,19);2*1H4;1H/t18-;14-;;;/m00.../s1. The van der Waals surface area contributed by atoms with E-state index in [1.165, 1.54) is 11.1 Å². The number of fused-ring (bicyclic) bond motifs is 2. The Morgan fingerprint density at radius 1 is 0.708 bits per heavy atom. The number of amides is 3. The van der Waals surface area contributed by atoms with E-state index in [2.05, 4.69) is 52.3 Å². The molecule has 0 spiro atoms. The molecule has 0 aromatic heterocycles. The molecule has 4 aromatic rings. The molecule has 2 aliphatic heterocycles. The van der Waals surface area contributed by atoms with Gasteiger partial charge in [0, 0.05) is 11.4 Å². The number of ether oxygens (including phenoxy) is 1. The van der Waals surface area contributed by atoms with Gasteiger partial charge in [0.2, 0.25) is 11.8 Å². The number of alkyl carbamates (subject to hydrolysis) is 1. The van der Waals surface area contributed by atoms with E-state index < -0.39 is 23.8 Å². The molecule has 4 aromatic carbocycles. The van der Waals surface area contributed by atoms with Gasteiger partial charge >= 0.3 is 6.09 Å². The van der Waals surface area contributed by atoms with Gasteiger partial charge in [-0.15, -0.1) is 12.4 Å². The third-order valence-electron chi connectivity index (χ3n) is 7.71. The summed E-state index contributed by atoms with van der Waals surface area (Å²) in [6, 6.07) is 31.5. The molecule has 0 bridgehead atoms. The Kier molecular flexibility index (Phi) is 14.4. The predicted octanol–water partition coefficient (Wildman–Crippen LogP) is 8.39. The lowest BCUT2D eigenvalue weighted by atomic mass is 9.99. The summed E-state index contributed by atoms with van der Waals surface area (Å²) in [6.07, 6.45) is 2.16. The Bertz CT molecular complexity index is 1670. The highest BCUT2D eigenvalue weighted by Gasteiger charge is 2.27. The number of anilines is 2. The van der Waals surface area contributed by atoms with Crippen molar-refractivity contribution < 1.29 is 19.1 Å². The molecule has 256 valence electrons. The topological polar surface area (TPSA) is 123 Å². The molecule has 5 N–H and O–H groups in total. The van der Waals surface area contributed by atoms with Crippen LogP contribution in [0.4, 0.5) is 16.2 Å². The van der Waals surface area contributed by atoms with Crippen LogP contribution in [0.3, 0.4) is 0 Å². The molecule has 2 heterocycles. The number of aryl methyl sites for hydroxylation is 2. The second kappa shape index (κ2) is 17.5. The van der Waals surface area contributed by atoms with Gasteiger partial charge in [-0.25, -0.2) is 4.79 Å². The van der Waals surface area contributed by atoms with Crippen molar-refractivity contribution in [2.45, 2.75) is 79.0 Å². The van der Waals surface area contributed by atoms with Crippen LogP contribution in [0.5, 0.6) is 0 Å². The fraction of sp³-hybridized carbons (Fsp3) is 0.308. The number of halogens is 1. The van der Waals surface area contributed by atoms with Gasteiger partial charge in [0.15, 0.2) is 0 Å². The monoisotopic (exact) mass is 672 g/mol. The number of nitrogens with two attached hydrogens (primary N) is 1. The summed E-state index contributed by atoms with van der Waals surface area (Å²) in [6.45, 7) is 5.38. The number of benzene rings is 4. The lowest BCUT2D eigenvalue weighted by Gasteiger charge is -2.22. The van der Waals surface area contributed by atoms with Gasteiger partial charge in [-0.05, 0) is 104 Å². The van der Waals surface area contributed by atoms with E-state index in [1.54, 1.807) is 20.8 Å². The van der Waals surface area contributed by atoms with Crippen LogP contribution < -0.4 is 21.7 Å². The van der Waals surface area contributed by atoms with Crippen LogP contribution in [0, 0.1) is 0 Å². The van der Waals surface area contributed by atoms with Crippen molar-refractivity contribution >= 4 is 41.7 Å². The second-order valence-electron chi connectivity index (χ2n) is 12.3. The first-order valence-electron chi connectivity index (χ1n) is 15.3. The molecule has 3 amide bonds. The molecule has 0 aliphatic carbocycles. The number of hydrogen-bond donors (Lipinski definition) is 4. The summed E-state index contributed by atoms with van der Waals surface area (Å²) in [5, 5.41) is 8.47. The van der Waals surface area contributed by atoms with E-state index in [-0.39, 0.29) is 39.1 Å². The van der Waals surface area contributed by atoms with E-state index in [4.69, 9.17) is 10.5 Å². The van der Waals surface area contributed by atoms with E-state index in [0.29, 0.717) is 19.3 Å². The van der Waals surface area contributed by atoms with Crippen LogP contribution in [-0.2, 0) is 27.2 Å². The number of hydrogen-bond acceptors (Lipinski definition) is 5. The summed E-state index contributed by atoms with van der Waals surface area (Å²) in [5.41, 5.74) is 13.7. The number of nitrogens with one attached hydrogen (secondary N) is 3. The van der Waals surface area contributed by atoms with Gasteiger partial charge in [-0.3, -0.25) is 9.59 Å². The van der Waals surface area contributed by atoms with Crippen molar-refractivity contribution in [2.75, 3.05) is 10.6 Å². The quantitative estimate of drug-likeness (QED) is 0.174. The van der Waals surface area contributed by atoms with Crippen LogP contribution in [0.2, 0.25) is 0 Å². The Morgan fingerprint density at radius 2 is 1.17 bits per heavy atom. The highest BCUT2D eigenvalue weighted by Crippen LogP contribution is 2.29. The summed E-state index contributed by atoms with van der Waals surface area (Å²) in [7, 11) is 0. The first-order chi connectivity index (χ1) is 21.6. The first-order valence-corrected chi connectivity index (χ1v) is 15.3. The molecule has 0 unspecified atom stereocenters. The Morgan fingerprint density at radius 3 is 1.65 bits per heavy atom. The molecule has 9 heteroatoms. The molecular weight excluding hydrogens is 624 g/mol. The molecule has 2 aliphatic rings. The Labute approximate surface area is 291 Å². The SMILES string of the molecule is C.C.CC(C)(C)OC(=O)N[C@H]1CCc2cc(-c3ccccc3)ccc2NC1=O.Cl.N[C@H]1CCc2cc(-c3ccccc3)ccc2NC1=O. The smallest absolute Gasteiger partial charge is 0.408 e. The largest absolute Gasteiger partial charge is 0.444 e. The summed E-state index contributed by atoms with van der Waals surface area (Å²) >= 11 is 0. The molecule has 48 heavy (non-hydrogen) atoms. The van der Waals surface area contributed by atoms with Gasteiger partial charge < -0.3 is 26.4 Å². The van der Waals surface area contributed by atoms with E-state index >= 15 is 0 Å². The molecule has 0 saturated heterocycles. The highest BCUT2D eigenvalue weighted by atomic mass is 35.5. The van der Waals surface area contributed by atoms with Crippen LogP contribution >= 0.6 is 12.4 Å². The average Bonchev–Trinajstić information content (AvgIpc) is 3.27. The fourth-order valence-corrected chi connectivity index (χ4v) is 5.37. The first kappa shape index (κ1) is 39.5. The Balaban J connectivity index is 0.000000326. The van der Waals surface area contributed by atoms with E-state index in [0.717, 1.165) is 40.0 Å².